The minimum absolute atomic E-state index is 0. The van der Waals surface area contributed by atoms with Crippen LogP contribution in [0.2, 0.25) is 0 Å². The third kappa shape index (κ3) is 7.72. The number of guanidine groups is 1. The Morgan fingerprint density at radius 2 is 1.88 bits per heavy atom. The summed E-state index contributed by atoms with van der Waals surface area (Å²) in [5.41, 5.74) is 5.53. The molecule has 0 bridgehead atoms. The highest BCUT2D eigenvalue weighted by Gasteiger charge is 2.07. The lowest BCUT2D eigenvalue weighted by Crippen LogP contribution is -2.33. The van der Waals surface area contributed by atoms with E-state index in [1.165, 1.54) is 0 Å². The molecule has 0 heterocycles. The molecular formula is C10H23IN4O. The SMILES string of the molecule is CCNC(N)=NCCC(=O)N(CC)CC.I. The summed E-state index contributed by atoms with van der Waals surface area (Å²) >= 11 is 0. The largest absolute Gasteiger partial charge is 0.370 e. The minimum atomic E-state index is 0. The van der Waals surface area contributed by atoms with Crippen molar-refractivity contribution in [3.05, 3.63) is 0 Å². The maximum absolute atomic E-state index is 11.5. The molecule has 0 aliphatic heterocycles. The van der Waals surface area contributed by atoms with Gasteiger partial charge in [-0.2, -0.15) is 0 Å². The molecule has 0 saturated heterocycles. The lowest BCUT2D eigenvalue weighted by Gasteiger charge is -2.17. The van der Waals surface area contributed by atoms with Gasteiger partial charge in [0, 0.05) is 26.1 Å². The fraction of sp³-hybridized carbons (Fsp3) is 0.800. The van der Waals surface area contributed by atoms with Gasteiger partial charge in [0.2, 0.25) is 5.91 Å². The summed E-state index contributed by atoms with van der Waals surface area (Å²) in [5, 5.41) is 2.88. The van der Waals surface area contributed by atoms with Crippen molar-refractivity contribution in [2.75, 3.05) is 26.2 Å². The predicted molar refractivity (Wildman–Crippen MR) is 78.1 cm³/mol. The highest BCUT2D eigenvalue weighted by Crippen LogP contribution is 1.93. The van der Waals surface area contributed by atoms with Crippen molar-refractivity contribution in [2.45, 2.75) is 27.2 Å². The van der Waals surface area contributed by atoms with Gasteiger partial charge >= 0.3 is 0 Å². The van der Waals surface area contributed by atoms with E-state index in [4.69, 9.17) is 5.73 Å². The molecular weight excluding hydrogens is 319 g/mol. The molecule has 0 aliphatic carbocycles. The van der Waals surface area contributed by atoms with Crippen molar-refractivity contribution in [3.8, 4) is 0 Å². The van der Waals surface area contributed by atoms with Crippen molar-refractivity contribution in [1.82, 2.24) is 10.2 Å². The summed E-state index contributed by atoms with van der Waals surface area (Å²) in [4.78, 5) is 17.4. The molecule has 96 valence electrons. The molecule has 5 nitrogen and oxygen atoms in total. The number of carbonyl (C=O) groups excluding carboxylic acids is 1. The summed E-state index contributed by atoms with van der Waals surface area (Å²) < 4.78 is 0. The topological polar surface area (TPSA) is 70.7 Å². The van der Waals surface area contributed by atoms with Crippen molar-refractivity contribution in [1.29, 1.82) is 0 Å². The number of rotatable bonds is 6. The zero-order valence-corrected chi connectivity index (χ0v) is 12.7. The molecule has 0 atom stereocenters. The van der Waals surface area contributed by atoms with Crippen molar-refractivity contribution < 1.29 is 4.79 Å². The standard InChI is InChI=1S/C10H22N4O.HI/c1-4-12-10(11)13-8-7-9(15)14(5-2)6-3;/h4-8H2,1-3H3,(H3,11,12,13);1H. The number of nitrogens with one attached hydrogen (secondary N) is 1. The number of nitrogens with zero attached hydrogens (tertiary/aromatic N) is 2. The number of halogens is 1. The summed E-state index contributed by atoms with van der Waals surface area (Å²) in [6, 6.07) is 0. The van der Waals surface area contributed by atoms with Gasteiger partial charge in [-0.3, -0.25) is 9.79 Å². The first-order valence-corrected chi connectivity index (χ1v) is 5.47. The van der Waals surface area contributed by atoms with Crippen LogP contribution < -0.4 is 11.1 Å². The molecule has 16 heavy (non-hydrogen) atoms. The molecule has 0 unspecified atom stereocenters. The van der Waals surface area contributed by atoms with Gasteiger partial charge in [-0.25, -0.2) is 0 Å². The van der Waals surface area contributed by atoms with Gasteiger partial charge in [-0.1, -0.05) is 0 Å². The predicted octanol–water partition coefficient (Wildman–Crippen LogP) is 0.787. The Bertz CT molecular complexity index is 217. The molecule has 6 heteroatoms. The van der Waals surface area contributed by atoms with Crippen LogP contribution >= 0.6 is 24.0 Å². The van der Waals surface area contributed by atoms with Crippen LogP contribution in [0, 0.1) is 0 Å². The number of hydrogen-bond acceptors (Lipinski definition) is 2. The normalized spacial score (nSPS) is 10.6. The highest BCUT2D eigenvalue weighted by molar-refractivity contribution is 14.0. The lowest BCUT2D eigenvalue weighted by molar-refractivity contribution is -0.130. The molecule has 0 aromatic heterocycles. The van der Waals surface area contributed by atoms with Gasteiger partial charge in [0.1, 0.15) is 0 Å². The Balaban J connectivity index is 0. The van der Waals surface area contributed by atoms with E-state index in [-0.39, 0.29) is 29.9 Å². The van der Waals surface area contributed by atoms with E-state index < -0.39 is 0 Å². The molecule has 0 saturated carbocycles. The van der Waals surface area contributed by atoms with E-state index in [0.29, 0.717) is 18.9 Å². The molecule has 0 aromatic carbocycles. The Kier molecular flexibility index (Phi) is 12.2. The molecule has 0 fully saturated rings. The average Bonchev–Trinajstić information content (AvgIpc) is 2.20. The zero-order valence-electron chi connectivity index (χ0n) is 10.3. The molecule has 0 rings (SSSR count). The fourth-order valence-electron chi connectivity index (χ4n) is 1.24. The van der Waals surface area contributed by atoms with Crippen molar-refractivity contribution in [3.63, 3.8) is 0 Å². The Morgan fingerprint density at radius 1 is 1.31 bits per heavy atom. The Labute approximate surface area is 115 Å². The van der Waals surface area contributed by atoms with Crippen LogP contribution in [0.3, 0.4) is 0 Å². The summed E-state index contributed by atoms with van der Waals surface area (Å²) in [6.45, 7) is 8.59. The summed E-state index contributed by atoms with van der Waals surface area (Å²) in [7, 11) is 0. The third-order valence-corrected chi connectivity index (χ3v) is 2.08. The van der Waals surface area contributed by atoms with Gasteiger partial charge < -0.3 is 16.0 Å². The Morgan fingerprint density at radius 3 is 2.31 bits per heavy atom. The average molecular weight is 342 g/mol. The van der Waals surface area contributed by atoms with E-state index in [2.05, 4.69) is 10.3 Å². The number of carbonyl (C=O) groups is 1. The van der Waals surface area contributed by atoms with Gasteiger partial charge in [0.15, 0.2) is 5.96 Å². The number of aliphatic imine (C=N–C) groups is 1. The monoisotopic (exact) mass is 342 g/mol. The van der Waals surface area contributed by atoms with Crippen LogP contribution in [0.1, 0.15) is 27.2 Å². The molecule has 0 spiro atoms. The van der Waals surface area contributed by atoms with E-state index in [9.17, 15) is 4.79 Å². The van der Waals surface area contributed by atoms with Crippen LogP contribution in [0.5, 0.6) is 0 Å². The fourth-order valence-corrected chi connectivity index (χ4v) is 1.24. The summed E-state index contributed by atoms with van der Waals surface area (Å²) in [5.74, 6) is 0.540. The smallest absolute Gasteiger partial charge is 0.224 e. The maximum atomic E-state index is 11.5. The van der Waals surface area contributed by atoms with E-state index >= 15 is 0 Å². The lowest BCUT2D eigenvalue weighted by atomic mass is 10.3. The molecule has 3 N–H and O–H groups in total. The van der Waals surface area contributed by atoms with Crippen molar-refractivity contribution >= 4 is 35.8 Å². The minimum Gasteiger partial charge on any atom is -0.370 e. The number of hydrogen-bond donors (Lipinski definition) is 2. The second kappa shape index (κ2) is 11.0. The third-order valence-electron chi connectivity index (χ3n) is 2.08. The first-order valence-electron chi connectivity index (χ1n) is 5.47. The van der Waals surface area contributed by atoms with E-state index in [1.54, 1.807) is 4.90 Å². The van der Waals surface area contributed by atoms with Crippen molar-refractivity contribution in [2.24, 2.45) is 10.7 Å². The van der Waals surface area contributed by atoms with Crippen LogP contribution in [0.15, 0.2) is 4.99 Å². The van der Waals surface area contributed by atoms with Gasteiger partial charge in [0.05, 0.1) is 6.54 Å². The first kappa shape index (κ1) is 17.9. The van der Waals surface area contributed by atoms with Crippen LogP contribution in [0.4, 0.5) is 0 Å². The second-order valence-electron chi connectivity index (χ2n) is 3.11. The van der Waals surface area contributed by atoms with Gasteiger partial charge in [-0.15, -0.1) is 24.0 Å². The zero-order chi connectivity index (χ0) is 11.7. The van der Waals surface area contributed by atoms with Gasteiger partial charge in [-0.05, 0) is 20.8 Å². The molecule has 1 amide bonds. The molecule has 0 aliphatic rings. The van der Waals surface area contributed by atoms with E-state index in [1.807, 2.05) is 20.8 Å². The Hall–Kier alpha value is -0.530. The van der Waals surface area contributed by atoms with Crippen LogP contribution in [-0.4, -0.2) is 42.9 Å². The number of amides is 1. The molecule has 0 radical (unpaired) electrons. The first-order chi connectivity index (χ1) is 7.15. The van der Waals surface area contributed by atoms with Crippen LogP contribution in [0.25, 0.3) is 0 Å². The molecule has 0 aromatic rings. The highest BCUT2D eigenvalue weighted by atomic mass is 127. The number of nitrogens with two attached hydrogens (primary N) is 1. The van der Waals surface area contributed by atoms with Crippen LogP contribution in [-0.2, 0) is 4.79 Å². The summed E-state index contributed by atoms with van der Waals surface area (Å²) in [6.07, 6.45) is 0.424. The van der Waals surface area contributed by atoms with E-state index in [0.717, 1.165) is 19.6 Å². The van der Waals surface area contributed by atoms with Gasteiger partial charge in [0.25, 0.3) is 0 Å². The quantitative estimate of drug-likeness (QED) is 0.426. The maximum Gasteiger partial charge on any atom is 0.224 e. The second-order valence-corrected chi connectivity index (χ2v) is 3.11.